The molecule has 1 aliphatic carbocycles. The predicted molar refractivity (Wildman–Crippen MR) is 56.0 cm³/mol. The third-order valence-corrected chi connectivity index (χ3v) is 2.79. The number of benzene rings is 1. The lowest BCUT2D eigenvalue weighted by Crippen LogP contribution is -2.09. The Balaban J connectivity index is 2.54. The van der Waals surface area contributed by atoms with Gasteiger partial charge in [0.1, 0.15) is 0 Å². The molecule has 2 rings (SSSR count). The van der Waals surface area contributed by atoms with Gasteiger partial charge in [0.2, 0.25) is 0 Å². The predicted octanol–water partition coefficient (Wildman–Crippen LogP) is 3.25. The minimum Gasteiger partial charge on any atom is -0.192 e. The van der Waals surface area contributed by atoms with Crippen molar-refractivity contribution in [2.75, 3.05) is 0 Å². The summed E-state index contributed by atoms with van der Waals surface area (Å²) in [6.45, 7) is 0. The molecule has 0 heterocycles. The van der Waals surface area contributed by atoms with Crippen LogP contribution in [0, 0.1) is 11.3 Å². The van der Waals surface area contributed by atoms with E-state index in [0.717, 1.165) is 30.4 Å². The molecule has 0 amide bonds. The molecule has 1 aromatic carbocycles. The highest BCUT2D eigenvalue weighted by Crippen LogP contribution is 2.34. The molecule has 1 aliphatic rings. The Hall–Kier alpha value is -1.98. The zero-order valence-corrected chi connectivity index (χ0v) is 8.22. The van der Waals surface area contributed by atoms with Gasteiger partial charge in [0.15, 0.2) is 0 Å². The van der Waals surface area contributed by atoms with Crippen molar-refractivity contribution in [2.24, 2.45) is 5.11 Å². The van der Waals surface area contributed by atoms with Gasteiger partial charge in [-0.15, -0.1) is 0 Å². The maximum Gasteiger partial charge on any atom is 0.0994 e. The van der Waals surface area contributed by atoms with Crippen LogP contribution in [0.25, 0.3) is 10.4 Å². The van der Waals surface area contributed by atoms with Crippen LogP contribution in [0.4, 0.5) is 0 Å². The van der Waals surface area contributed by atoms with Crippen molar-refractivity contribution in [3.8, 4) is 6.07 Å². The summed E-state index contributed by atoms with van der Waals surface area (Å²) in [7, 11) is 0. The van der Waals surface area contributed by atoms with Gasteiger partial charge in [0.25, 0.3) is 0 Å². The Kier molecular flexibility index (Phi) is 2.57. The van der Waals surface area contributed by atoms with Crippen molar-refractivity contribution >= 4 is 0 Å². The van der Waals surface area contributed by atoms with Crippen LogP contribution < -0.4 is 0 Å². The van der Waals surface area contributed by atoms with Crippen LogP contribution in [0.5, 0.6) is 0 Å². The van der Waals surface area contributed by atoms with Gasteiger partial charge < -0.3 is 0 Å². The molecule has 0 spiro atoms. The highest BCUT2D eigenvalue weighted by atomic mass is 15.1. The number of nitrogens with zero attached hydrogens (tertiary/aromatic N) is 4. The first kappa shape index (κ1) is 9.57. The average Bonchev–Trinajstić information content (AvgIpc) is 2.29. The molecule has 1 aromatic rings. The molecule has 0 unspecified atom stereocenters. The molecular formula is C11H10N4. The van der Waals surface area contributed by atoms with Gasteiger partial charge in [-0.2, -0.15) is 5.26 Å². The second-order valence-corrected chi connectivity index (χ2v) is 3.60. The van der Waals surface area contributed by atoms with Crippen molar-refractivity contribution in [3.63, 3.8) is 0 Å². The van der Waals surface area contributed by atoms with Crippen LogP contribution in [-0.4, -0.2) is 0 Å². The molecule has 1 atom stereocenters. The average molecular weight is 198 g/mol. The third kappa shape index (κ3) is 1.65. The first-order valence-corrected chi connectivity index (χ1v) is 4.93. The zero-order valence-electron chi connectivity index (χ0n) is 8.22. The lowest BCUT2D eigenvalue weighted by Gasteiger charge is -2.22. The molecule has 0 saturated heterocycles. The fourth-order valence-electron chi connectivity index (χ4n) is 2.11. The smallest absolute Gasteiger partial charge is 0.0994 e. The SMILES string of the molecule is N#Cc1cccc2c1CCC[C@H]2N=[N+]=[N-]. The summed E-state index contributed by atoms with van der Waals surface area (Å²) in [4.78, 5) is 2.86. The number of hydrogen-bond donors (Lipinski definition) is 0. The second kappa shape index (κ2) is 4.04. The summed E-state index contributed by atoms with van der Waals surface area (Å²) in [5, 5.41) is 12.7. The molecule has 15 heavy (non-hydrogen) atoms. The quantitative estimate of drug-likeness (QED) is 0.387. The largest absolute Gasteiger partial charge is 0.192 e. The molecular weight excluding hydrogens is 188 g/mol. The van der Waals surface area contributed by atoms with Crippen LogP contribution in [0.2, 0.25) is 0 Å². The fourth-order valence-corrected chi connectivity index (χ4v) is 2.11. The summed E-state index contributed by atoms with van der Waals surface area (Å²) in [5.74, 6) is 0. The van der Waals surface area contributed by atoms with Crippen molar-refractivity contribution in [1.29, 1.82) is 5.26 Å². The van der Waals surface area contributed by atoms with Gasteiger partial charge in [0.05, 0.1) is 17.7 Å². The molecule has 0 aliphatic heterocycles. The van der Waals surface area contributed by atoms with Crippen LogP contribution in [0.3, 0.4) is 0 Å². The molecule has 0 aromatic heterocycles. The van der Waals surface area contributed by atoms with Crippen LogP contribution >= 0.6 is 0 Å². The van der Waals surface area contributed by atoms with Gasteiger partial charge in [-0.05, 0) is 42.0 Å². The maximum atomic E-state index is 8.96. The van der Waals surface area contributed by atoms with E-state index in [1.807, 2.05) is 18.2 Å². The first-order valence-electron chi connectivity index (χ1n) is 4.93. The lowest BCUT2D eigenvalue weighted by molar-refractivity contribution is 0.567. The molecule has 74 valence electrons. The second-order valence-electron chi connectivity index (χ2n) is 3.60. The monoisotopic (exact) mass is 198 g/mol. The Morgan fingerprint density at radius 1 is 1.53 bits per heavy atom. The molecule has 0 saturated carbocycles. The minimum atomic E-state index is -0.0907. The van der Waals surface area contributed by atoms with Gasteiger partial charge >= 0.3 is 0 Å². The van der Waals surface area contributed by atoms with Crippen LogP contribution in [-0.2, 0) is 6.42 Å². The van der Waals surface area contributed by atoms with Gasteiger partial charge in [-0.3, -0.25) is 0 Å². The number of fused-ring (bicyclic) bond motifs is 1. The van der Waals surface area contributed by atoms with Crippen LogP contribution in [0.15, 0.2) is 23.3 Å². The minimum absolute atomic E-state index is 0.0907. The highest BCUT2D eigenvalue weighted by Gasteiger charge is 2.20. The van der Waals surface area contributed by atoms with E-state index in [9.17, 15) is 0 Å². The standard InChI is InChI=1S/C11H10N4/c12-7-8-3-1-5-10-9(8)4-2-6-11(10)14-15-13/h1,3,5,11H,2,4,6H2/t11-/m1/s1. The molecule has 0 radical (unpaired) electrons. The topological polar surface area (TPSA) is 72.5 Å². The summed E-state index contributed by atoms with van der Waals surface area (Å²) in [5.41, 5.74) is 11.3. The van der Waals surface area contributed by atoms with E-state index in [1.54, 1.807) is 0 Å². The normalized spacial score (nSPS) is 18.5. The summed E-state index contributed by atoms with van der Waals surface area (Å²) in [6, 6.07) is 7.71. The van der Waals surface area contributed by atoms with Crippen molar-refractivity contribution in [2.45, 2.75) is 25.3 Å². The molecule has 0 bridgehead atoms. The van der Waals surface area contributed by atoms with Gasteiger partial charge in [-0.25, -0.2) is 0 Å². The fraction of sp³-hybridized carbons (Fsp3) is 0.364. The molecule has 4 heteroatoms. The Morgan fingerprint density at radius 2 is 2.40 bits per heavy atom. The number of nitriles is 1. The molecule has 0 fully saturated rings. The van der Waals surface area contributed by atoms with E-state index in [4.69, 9.17) is 10.8 Å². The first-order chi connectivity index (χ1) is 7.36. The Labute approximate surface area is 87.8 Å². The lowest BCUT2D eigenvalue weighted by atomic mass is 9.85. The summed E-state index contributed by atoms with van der Waals surface area (Å²) in [6.07, 6.45) is 2.78. The Bertz CT molecular complexity index is 466. The highest BCUT2D eigenvalue weighted by molar-refractivity contribution is 5.45. The van der Waals surface area contributed by atoms with Gasteiger partial charge in [-0.1, -0.05) is 17.2 Å². The third-order valence-electron chi connectivity index (χ3n) is 2.79. The molecule has 4 nitrogen and oxygen atoms in total. The van der Waals surface area contributed by atoms with Crippen LogP contribution in [0.1, 0.15) is 35.6 Å². The van der Waals surface area contributed by atoms with E-state index in [2.05, 4.69) is 16.1 Å². The number of azide groups is 1. The van der Waals surface area contributed by atoms with Crippen molar-refractivity contribution in [3.05, 3.63) is 45.3 Å². The van der Waals surface area contributed by atoms with E-state index in [-0.39, 0.29) is 6.04 Å². The summed E-state index contributed by atoms with van der Waals surface area (Å²) >= 11 is 0. The van der Waals surface area contributed by atoms with Crippen molar-refractivity contribution in [1.82, 2.24) is 0 Å². The summed E-state index contributed by atoms with van der Waals surface area (Å²) < 4.78 is 0. The van der Waals surface area contributed by atoms with E-state index < -0.39 is 0 Å². The Morgan fingerprint density at radius 3 is 3.13 bits per heavy atom. The number of rotatable bonds is 1. The van der Waals surface area contributed by atoms with E-state index >= 15 is 0 Å². The molecule has 0 N–H and O–H groups in total. The number of hydrogen-bond acceptors (Lipinski definition) is 2. The maximum absolute atomic E-state index is 8.96. The van der Waals surface area contributed by atoms with Crippen molar-refractivity contribution < 1.29 is 0 Å². The van der Waals surface area contributed by atoms with E-state index in [0.29, 0.717) is 5.56 Å². The van der Waals surface area contributed by atoms with E-state index in [1.165, 1.54) is 0 Å². The van der Waals surface area contributed by atoms with Gasteiger partial charge in [0, 0.05) is 4.91 Å². The zero-order chi connectivity index (χ0) is 10.7.